The summed E-state index contributed by atoms with van der Waals surface area (Å²) >= 11 is 0. The van der Waals surface area contributed by atoms with Crippen LogP contribution in [0.3, 0.4) is 0 Å². The van der Waals surface area contributed by atoms with Crippen molar-refractivity contribution < 1.29 is 33.3 Å². The third-order valence-corrected chi connectivity index (χ3v) is 8.75. The fourth-order valence-corrected chi connectivity index (χ4v) is 7.51. The van der Waals surface area contributed by atoms with Gasteiger partial charge in [-0.05, 0) is 38.4 Å². The molecule has 32 heavy (non-hydrogen) atoms. The minimum Gasteiger partial charge on any atom is -0.493 e. The van der Waals surface area contributed by atoms with E-state index in [1.165, 1.54) is 7.11 Å². The van der Waals surface area contributed by atoms with Crippen LogP contribution in [0.4, 0.5) is 5.69 Å². The number of carbonyl (C=O) groups excluding carboxylic acids is 2. The summed E-state index contributed by atoms with van der Waals surface area (Å²) in [6, 6.07) is 3.72. The summed E-state index contributed by atoms with van der Waals surface area (Å²) < 4.78 is 30.4. The van der Waals surface area contributed by atoms with E-state index in [1.54, 1.807) is 12.0 Å². The fourth-order valence-electron chi connectivity index (χ4n) is 7.51. The van der Waals surface area contributed by atoms with Gasteiger partial charge in [-0.2, -0.15) is 0 Å². The van der Waals surface area contributed by atoms with E-state index < -0.39 is 23.5 Å². The molecule has 5 heterocycles. The lowest BCUT2D eigenvalue weighted by Crippen LogP contribution is -2.78. The molecule has 1 spiro atoms. The number of hydrogen-bond acceptors (Lipinski definition) is 8. The fraction of sp³-hybridized carbons (Fsp3) is 0.652. The summed E-state index contributed by atoms with van der Waals surface area (Å²) in [6.07, 6.45) is -0.761. The van der Waals surface area contributed by atoms with E-state index in [0.29, 0.717) is 36.6 Å². The Labute approximate surface area is 185 Å². The number of methoxy groups -OCH3 is 2. The number of amides is 1. The van der Waals surface area contributed by atoms with E-state index in [4.69, 9.17) is 23.7 Å². The van der Waals surface area contributed by atoms with E-state index in [-0.39, 0.29) is 35.9 Å². The first-order valence-corrected chi connectivity index (χ1v) is 11.2. The Bertz CT molecular complexity index is 1080. The second-order valence-electron chi connectivity index (χ2n) is 9.81. The molecule has 1 amide bonds. The van der Waals surface area contributed by atoms with Crippen LogP contribution in [0.25, 0.3) is 0 Å². The Morgan fingerprint density at radius 2 is 2.03 bits per heavy atom. The highest BCUT2D eigenvalue weighted by Gasteiger charge is 2.83. The van der Waals surface area contributed by atoms with Crippen LogP contribution in [0, 0.1) is 11.8 Å². The first-order valence-electron chi connectivity index (χ1n) is 11.2. The smallest absolute Gasteiger partial charge is 0.299 e. The van der Waals surface area contributed by atoms with E-state index in [1.807, 2.05) is 26.1 Å². The van der Waals surface area contributed by atoms with Crippen LogP contribution in [0.2, 0.25) is 0 Å². The van der Waals surface area contributed by atoms with Gasteiger partial charge in [0, 0.05) is 19.6 Å². The summed E-state index contributed by atoms with van der Waals surface area (Å²) in [6.45, 7) is 2.65. The lowest BCUT2D eigenvalue weighted by atomic mass is 9.54. The van der Waals surface area contributed by atoms with Gasteiger partial charge in [-0.3, -0.25) is 19.4 Å². The van der Waals surface area contributed by atoms with Crippen molar-refractivity contribution in [3.05, 3.63) is 17.7 Å². The van der Waals surface area contributed by atoms with Gasteiger partial charge in [0.1, 0.15) is 17.7 Å². The molecule has 170 valence electrons. The molecule has 9 nitrogen and oxygen atoms in total. The van der Waals surface area contributed by atoms with Gasteiger partial charge < -0.3 is 23.7 Å². The molecule has 4 fully saturated rings. The average molecular weight is 442 g/mol. The number of Topliss-reactive ketones (excluding diaryl/α,β-unsaturated/α-hetero) is 1. The Morgan fingerprint density at radius 3 is 2.78 bits per heavy atom. The van der Waals surface area contributed by atoms with Crippen molar-refractivity contribution in [3.8, 4) is 11.5 Å². The van der Waals surface area contributed by atoms with Crippen molar-refractivity contribution >= 4 is 17.4 Å². The summed E-state index contributed by atoms with van der Waals surface area (Å²) in [4.78, 5) is 32.1. The highest BCUT2D eigenvalue weighted by Crippen LogP contribution is 2.71. The van der Waals surface area contributed by atoms with Gasteiger partial charge in [0.05, 0.1) is 24.8 Å². The van der Waals surface area contributed by atoms with Crippen molar-refractivity contribution in [1.82, 2.24) is 4.90 Å². The van der Waals surface area contributed by atoms with Gasteiger partial charge in [-0.15, -0.1) is 0 Å². The van der Waals surface area contributed by atoms with Crippen LogP contribution in [-0.4, -0.2) is 74.9 Å². The number of ketones is 1. The molecular weight excluding hydrogens is 416 g/mol. The largest absolute Gasteiger partial charge is 0.493 e. The van der Waals surface area contributed by atoms with Gasteiger partial charge in [-0.1, -0.05) is 6.07 Å². The third kappa shape index (κ3) is 1.75. The van der Waals surface area contributed by atoms with Crippen molar-refractivity contribution in [2.24, 2.45) is 11.8 Å². The number of ether oxygens (including phenoxy) is 5. The SMILES string of the molecule is COc1ccc2c3c1O[C@H](OC)C(=O)N3[C@@]13O[C@H]4C[C@H]5[C@@H](C(=O)[C@]21CCN4C)[C@@H](C)O[C@H]53. The van der Waals surface area contributed by atoms with Crippen LogP contribution >= 0.6 is 0 Å². The molecule has 5 bridgehead atoms. The molecule has 5 aliphatic heterocycles. The highest BCUT2D eigenvalue weighted by atomic mass is 16.7. The Morgan fingerprint density at radius 1 is 1.22 bits per heavy atom. The second kappa shape index (κ2) is 5.83. The first-order chi connectivity index (χ1) is 15.4. The molecule has 0 unspecified atom stereocenters. The zero-order chi connectivity index (χ0) is 22.2. The van der Waals surface area contributed by atoms with Crippen LogP contribution in [0.1, 0.15) is 25.3 Å². The molecule has 1 aromatic carbocycles. The zero-order valence-electron chi connectivity index (χ0n) is 18.5. The molecule has 7 rings (SSSR count). The summed E-state index contributed by atoms with van der Waals surface area (Å²) in [5.41, 5.74) is -0.984. The van der Waals surface area contributed by atoms with Gasteiger partial charge >= 0.3 is 0 Å². The highest BCUT2D eigenvalue weighted by molar-refractivity contribution is 6.11. The van der Waals surface area contributed by atoms with Crippen molar-refractivity contribution in [1.29, 1.82) is 0 Å². The number of anilines is 1. The molecule has 3 saturated heterocycles. The van der Waals surface area contributed by atoms with Crippen LogP contribution < -0.4 is 14.4 Å². The average Bonchev–Trinajstić information content (AvgIpc) is 3.19. The normalized spacial score (nSPS) is 45.4. The molecule has 0 N–H and O–H groups in total. The van der Waals surface area contributed by atoms with E-state index >= 15 is 0 Å². The molecule has 1 saturated carbocycles. The van der Waals surface area contributed by atoms with E-state index in [2.05, 4.69) is 4.90 Å². The Kier molecular flexibility index (Phi) is 3.51. The number of carbonyl (C=O) groups is 2. The molecule has 9 heteroatoms. The maximum Gasteiger partial charge on any atom is 0.299 e. The standard InChI is InChI=1S/C23H26N2O7/c1-10-15-11-9-14-24(2)8-7-22(18(15)26)12-5-6-13(28-3)17-16(12)25(20(27)21(29-4)31-17)23(22,32-14)19(11)30-10/h5-6,10-11,14-15,19,21H,7-9H2,1-4H3/t10-,11+,14+,15+,19-,21+,22+,23+/m1/s1. The lowest BCUT2D eigenvalue weighted by molar-refractivity contribution is -0.256. The molecule has 1 aromatic rings. The summed E-state index contributed by atoms with van der Waals surface area (Å²) in [7, 11) is 5.01. The van der Waals surface area contributed by atoms with Crippen LogP contribution in [0.5, 0.6) is 11.5 Å². The minimum absolute atomic E-state index is 0.0128. The maximum absolute atomic E-state index is 14.5. The lowest BCUT2D eigenvalue weighted by Gasteiger charge is -2.58. The quantitative estimate of drug-likeness (QED) is 0.671. The summed E-state index contributed by atoms with van der Waals surface area (Å²) in [5.74, 6) is 0.391. The van der Waals surface area contributed by atoms with Crippen molar-refractivity contribution in [2.45, 2.75) is 55.6 Å². The van der Waals surface area contributed by atoms with Crippen molar-refractivity contribution in [2.75, 3.05) is 32.7 Å². The monoisotopic (exact) mass is 442 g/mol. The topological polar surface area (TPSA) is 86.8 Å². The number of benzene rings is 1. The predicted octanol–water partition coefficient (Wildman–Crippen LogP) is 1.03. The van der Waals surface area contributed by atoms with Gasteiger partial charge in [0.2, 0.25) is 0 Å². The molecule has 6 aliphatic rings. The zero-order valence-corrected chi connectivity index (χ0v) is 18.5. The van der Waals surface area contributed by atoms with Crippen LogP contribution in [0.15, 0.2) is 12.1 Å². The van der Waals surface area contributed by atoms with Crippen molar-refractivity contribution in [3.63, 3.8) is 0 Å². The maximum atomic E-state index is 14.5. The minimum atomic E-state index is -1.27. The number of hydrogen-bond donors (Lipinski definition) is 0. The molecule has 0 radical (unpaired) electrons. The van der Waals surface area contributed by atoms with Gasteiger partial charge in [0.15, 0.2) is 23.0 Å². The predicted molar refractivity (Wildman–Crippen MR) is 109 cm³/mol. The number of rotatable bonds is 2. The van der Waals surface area contributed by atoms with Gasteiger partial charge in [-0.25, -0.2) is 0 Å². The Balaban J connectivity index is 1.60. The third-order valence-electron chi connectivity index (χ3n) is 8.75. The first kappa shape index (κ1) is 19.3. The summed E-state index contributed by atoms with van der Waals surface area (Å²) in [5, 5.41) is 0. The number of fused-ring (bicyclic) bond motifs is 1. The van der Waals surface area contributed by atoms with E-state index in [0.717, 1.165) is 5.56 Å². The number of nitrogens with zero attached hydrogens (tertiary/aromatic N) is 2. The van der Waals surface area contributed by atoms with E-state index in [9.17, 15) is 9.59 Å². The second-order valence-corrected chi connectivity index (χ2v) is 9.81. The molecular formula is C23H26N2O7. The molecule has 0 aromatic heterocycles. The molecule has 8 atom stereocenters. The Hall–Kier alpha value is -2.20. The van der Waals surface area contributed by atoms with Crippen LogP contribution in [-0.2, 0) is 29.2 Å². The van der Waals surface area contributed by atoms with Gasteiger partial charge in [0.25, 0.3) is 12.2 Å². The molecule has 1 aliphatic carbocycles.